The number of nitrogens with one attached hydrogen (secondary N) is 2. The lowest BCUT2D eigenvalue weighted by Gasteiger charge is -2.06. The van der Waals surface area contributed by atoms with Crippen LogP contribution in [0.25, 0.3) is 0 Å². The zero-order valence-electron chi connectivity index (χ0n) is 7.64. The lowest BCUT2D eigenvalue weighted by Crippen LogP contribution is -2.26. The van der Waals surface area contributed by atoms with Crippen molar-refractivity contribution in [3.63, 3.8) is 0 Å². The molecule has 0 unspecified atom stereocenters. The van der Waals surface area contributed by atoms with E-state index in [9.17, 15) is 18.0 Å². The van der Waals surface area contributed by atoms with E-state index in [-0.39, 0.29) is 18.8 Å². The number of aromatic amines is 1. The molecule has 0 aliphatic carbocycles. The molecule has 5 nitrogen and oxygen atoms in total. The second-order valence-electron chi connectivity index (χ2n) is 2.81. The second kappa shape index (κ2) is 4.76. The molecule has 0 fully saturated rings. The van der Waals surface area contributed by atoms with Crippen LogP contribution >= 0.6 is 0 Å². The van der Waals surface area contributed by atoms with Crippen LogP contribution in [0.15, 0.2) is 6.33 Å². The van der Waals surface area contributed by atoms with Gasteiger partial charge in [0, 0.05) is 13.0 Å². The van der Waals surface area contributed by atoms with E-state index in [1.165, 1.54) is 0 Å². The Kier molecular flexibility index (Phi) is 3.64. The number of alkyl halides is 3. The van der Waals surface area contributed by atoms with Gasteiger partial charge < -0.3 is 5.32 Å². The van der Waals surface area contributed by atoms with Gasteiger partial charge >= 0.3 is 6.18 Å². The fourth-order valence-electron chi connectivity index (χ4n) is 0.889. The molecule has 0 bridgehead atoms. The van der Waals surface area contributed by atoms with Crippen LogP contribution in [0, 0.1) is 0 Å². The molecule has 1 aromatic heterocycles. The molecule has 0 aromatic carbocycles. The van der Waals surface area contributed by atoms with Crippen LogP contribution in [0.1, 0.15) is 23.5 Å². The van der Waals surface area contributed by atoms with Gasteiger partial charge in [0.1, 0.15) is 6.33 Å². The molecule has 1 aromatic rings. The average Bonchev–Trinajstić information content (AvgIpc) is 2.63. The van der Waals surface area contributed by atoms with E-state index in [4.69, 9.17) is 0 Å². The standard InChI is InChI=1S/C7H9F3N4O/c8-7(9,10)2-1-3-11-6(15)5-12-4-13-14-5/h4H,1-3H2,(H,11,15)(H,12,13,14). The predicted octanol–water partition coefficient (Wildman–Crippen LogP) is 0.877. The first kappa shape index (κ1) is 11.5. The van der Waals surface area contributed by atoms with E-state index in [1.807, 2.05) is 0 Å². The summed E-state index contributed by atoms with van der Waals surface area (Å²) in [5.74, 6) is -0.573. The molecular formula is C7H9F3N4O. The van der Waals surface area contributed by atoms with Gasteiger partial charge in [-0.3, -0.25) is 9.89 Å². The Bertz CT molecular complexity index is 309. The maximum absolute atomic E-state index is 11.7. The Morgan fingerprint density at radius 3 is 2.80 bits per heavy atom. The van der Waals surface area contributed by atoms with Gasteiger partial charge in [0.15, 0.2) is 0 Å². The highest BCUT2D eigenvalue weighted by Crippen LogP contribution is 2.20. The van der Waals surface area contributed by atoms with Crippen molar-refractivity contribution in [2.24, 2.45) is 0 Å². The first-order valence-corrected chi connectivity index (χ1v) is 4.19. The highest BCUT2D eigenvalue weighted by atomic mass is 19.4. The number of amides is 1. The van der Waals surface area contributed by atoms with Gasteiger partial charge in [-0.05, 0) is 6.42 Å². The molecule has 8 heteroatoms. The fourth-order valence-corrected chi connectivity index (χ4v) is 0.889. The van der Waals surface area contributed by atoms with Crippen molar-refractivity contribution in [1.29, 1.82) is 0 Å². The largest absolute Gasteiger partial charge is 0.389 e. The summed E-state index contributed by atoms with van der Waals surface area (Å²) in [6.45, 7) is -0.0426. The third-order valence-electron chi connectivity index (χ3n) is 1.55. The first-order chi connectivity index (χ1) is 6.99. The Morgan fingerprint density at radius 1 is 1.53 bits per heavy atom. The topological polar surface area (TPSA) is 70.7 Å². The Labute approximate surface area is 83.1 Å². The fraction of sp³-hybridized carbons (Fsp3) is 0.571. The molecule has 0 radical (unpaired) electrons. The van der Waals surface area contributed by atoms with E-state index in [0.717, 1.165) is 6.33 Å². The minimum atomic E-state index is -4.18. The number of aromatic nitrogens is 3. The minimum Gasteiger partial charge on any atom is -0.349 e. The van der Waals surface area contributed by atoms with Crippen LogP contribution in [0.4, 0.5) is 13.2 Å². The van der Waals surface area contributed by atoms with E-state index in [1.54, 1.807) is 0 Å². The lowest BCUT2D eigenvalue weighted by molar-refractivity contribution is -0.135. The quantitative estimate of drug-likeness (QED) is 0.743. The highest BCUT2D eigenvalue weighted by Gasteiger charge is 2.26. The lowest BCUT2D eigenvalue weighted by atomic mass is 10.3. The van der Waals surface area contributed by atoms with Crippen LogP contribution in [-0.4, -0.2) is 33.8 Å². The number of carbonyl (C=O) groups is 1. The van der Waals surface area contributed by atoms with Gasteiger partial charge in [-0.1, -0.05) is 0 Å². The Balaban J connectivity index is 2.19. The number of hydrogen-bond donors (Lipinski definition) is 2. The van der Waals surface area contributed by atoms with Crippen molar-refractivity contribution < 1.29 is 18.0 Å². The molecule has 1 heterocycles. The number of rotatable bonds is 4. The van der Waals surface area contributed by atoms with Crippen LogP contribution in [-0.2, 0) is 0 Å². The molecule has 1 amide bonds. The summed E-state index contributed by atoms with van der Waals surface area (Å²) in [6, 6.07) is 0. The number of hydrogen-bond acceptors (Lipinski definition) is 3. The van der Waals surface area contributed by atoms with Gasteiger partial charge in [0.05, 0.1) is 0 Å². The molecule has 0 aliphatic rings. The summed E-state index contributed by atoms with van der Waals surface area (Å²) >= 11 is 0. The third-order valence-corrected chi connectivity index (χ3v) is 1.55. The number of H-pyrrole nitrogens is 1. The van der Waals surface area contributed by atoms with Gasteiger partial charge in [-0.2, -0.15) is 18.3 Å². The average molecular weight is 222 g/mol. The predicted molar refractivity (Wildman–Crippen MR) is 44.0 cm³/mol. The molecule has 2 N–H and O–H groups in total. The molecule has 0 spiro atoms. The Morgan fingerprint density at radius 2 is 2.27 bits per heavy atom. The van der Waals surface area contributed by atoms with Crippen molar-refractivity contribution in [3.8, 4) is 0 Å². The molecule has 0 aliphatic heterocycles. The smallest absolute Gasteiger partial charge is 0.349 e. The van der Waals surface area contributed by atoms with Crippen LogP contribution in [0.2, 0.25) is 0 Å². The molecular weight excluding hydrogens is 213 g/mol. The molecule has 0 saturated heterocycles. The number of carbonyl (C=O) groups excluding carboxylic acids is 1. The molecule has 15 heavy (non-hydrogen) atoms. The van der Waals surface area contributed by atoms with Gasteiger partial charge in [0.2, 0.25) is 5.82 Å². The summed E-state index contributed by atoms with van der Waals surface area (Å²) in [5, 5.41) is 8.02. The Hall–Kier alpha value is -1.60. The summed E-state index contributed by atoms with van der Waals surface area (Å²) in [6.07, 6.45) is -4.10. The third kappa shape index (κ3) is 4.43. The van der Waals surface area contributed by atoms with Crippen molar-refractivity contribution in [2.75, 3.05) is 6.54 Å². The molecule has 1 rings (SSSR count). The second-order valence-corrected chi connectivity index (χ2v) is 2.81. The van der Waals surface area contributed by atoms with Gasteiger partial charge in [-0.15, -0.1) is 0 Å². The summed E-state index contributed by atoms with van der Waals surface area (Å²) in [7, 11) is 0. The first-order valence-electron chi connectivity index (χ1n) is 4.19. The van der Waals surface area contributed by atoms with Crippen molar-refractivity contribution in [3.05, 3.63) is 12.2 Å². The van der Waals surface area contributed by atoms with Gasteiger partial charge in [0.25, 0.3) is 5.91 Å². The number of halogens is 3. The SMILES string of the molecule is O=C(NCCCC(F)(F)F)c1ncn[nH]1. The molecule has 84 valence electrons. The zero-order valence-corrected chi connectivity index (χ0v) is 7.64. The maximum atomic E-state index is 11.7. The van der Waals surface area contributed by atoms with Crippen molar-refractivity contribution in [1.82, 2.24) is 20.5 Å². The number of nitrogens with zero attached hydrogens (tertiary/aromatic N) is 2. The van der Waals surface area contributed by atoms with Crippen LogP contribution in [0.5, 0.6) is 0 Å². The van der Waals surface area contributed by atoms with E-state index in [0.29, 0.717) is 0 Å². The molecule has 0 saturated carbocycles. The minimum absolute atomic E-state index is 0.0120. The van der Waals surface area contributed by atoms with E-state index in [2.05, 4.69) is 20.5 Å². The van der Waals surface area contributed by atoms with Gasteiger partial charge in [-0.25, -0.2) is 4.98 Å². The van der Waals surface area contributed by atoms with Crippen LogP contribution < -0.4 is 5.32 Å². The maximum Gasteiger partial charge on any atom is 0.389 e. The normalized spacial score (nSPS) is 11.4. The monoisotopic (exact) mass is 222 g/mol. The highest BCUT2D eigenvalue weighted by molar-refractivity contribution is 5.90. The summed E-state index contributed by atoms with van der Waals surface area (Å²) in [5.41, 5.74) is 0. The summed E-state index contributed by atoms with van der Waals surface area (Å²) < 4.78 is 35.1. The van der Waals surface area contributed by atoms with Crippen molar-refractivity contribution >= 4 is 5.91 Å². The van der Waals surface area contributed by atoms with Crippen LogP contribution in [0.3, 0.4) is 0 Å². The van der Waals surface area contributed by atoms with E-state index < -0.39 is 18.5 Å². The molecule has 0 atom stereocenters. The van der Waals surface area contributed by atoms with Crippen molar-refractivity contribution in [2.45, 2.75) is 19.0 Å². The van der Waals surface area contributed by atoms with E-state index >= 15 is 0 Å². The zero-order chi connectivity index (χ0) is 11.3. The summed E-state index contributed by atoms with van der Waals surface area (Å²) in [4.78, 5) is 14.6.